The maximum atomic E-state index is 7.81. The van der Waals surface area contributed by atoms with E-state index in [4.69, 9.17) is 11.1 Å². The molecule has 2 aromatic rings. The summed E-state index contributed by atoms with van der Waals surface area (Å²) >= 11 is 1.73. The molecular weight excluding hydrogens is 270 g/mol. The molecule has 0 amide bonds. The second-order valence-electron chi connectivity index (χ2n) is 5.12. The SMILES string of the molecule is Cc1nn(C)c(N(Cc2cccs2)C(C)C)c1C(=N)N. The number of anilines is 1. The number of thiophene rings is 1. The second-order valence-corrected chi connectivity index (χ2v) is 6.15. The number of rotatable bonds is 5. The van der Waals surface area contributed by atoms with E-state index in [1.165, 1.54) is 4.88 Å². The Morgan fingerprint density at radius 1 is 1.55 bits per heavy atom. The molecule has 0 bridgehead atoms. The molecule has 0 fully saturated rings. The van der Waals surface area contributed by atoms with Gasteiger partial charge in [0.2, 0.25) is 0 Å². The molecule has 2 rings (SSSR count). The van der Waals surface area contributed by atoms with E-state index in [2.05, 4.69) is 41.4 Å². The first kappa shape index (κ1) is 14.6. The van der Waals surface area contributed by atoms with E-state index >= 15 is 0 Å². The van der Waals surface area contributed by atoms with Crippen LogP contribution < -0.4 is 10.6 Å². The summed E-state index contributed by atoms with van der Waals surface area (Å²) in [5.74, 6) is 0.987. The van der Waals surface area contributed by atoms with Crippen molar-refractivity contribution in [1.29, 1.82) is 5.41 Å². The molecule has 0 aliphatic carbocycles. The van der Waals surface area contributed by atoms with E-state index in [9.17, 15) is 0 Å². The molecule has 2 heterocycles. The fourth-order valence-electron chi connectivity index (χ4n) is 2.36. The molecule has 108 valence electrons. The third-order valence-corrected chi connectivity index (χ3v) is 4.12. The minimum atomic E-state index is 0.0717. The van der Waals surface area contributed by atoms with Crippen molar-refractivity contribution in [2.24, 2.45) is 12.8 Å². The standard InChI is InChI=1S/C14H21N5S/c1-9(2)19(8-11-6-5-7-20-11)14-12(13(15)16)10(3)17-18(14)4/h5-7,9H,8H2,1-4H3,(H3,15,16). The van der Waals surface area contributed by atoms with Gasteiger partial charge in [-0.1, -0.05) is 6.07 Å². The van der Waals surface area contributed by atoms with Crippen molar-refractivity contribution in [3.63, 3.8) is 0 Å². The summed E-state index contributed by atoms with van der Waals surface area (Å²) in [4.78, 5) is 3.52. The van der Waals surface area contributed by atoms with Gasteiger partial charge in [0.15, 0.2) is 0 Å². The Balaban J connectivity index is 2.47. The number of amidine groups is 1. The number of nitrogens with one attached hydrogen (secondary N) is 1. The van der Waals surface area contributed by atoms with Gasteiger partial charge in [-0.05, 0) is 32.2 Å². The Morgan fingerprint density at radius 2 is 2.25 bits per heavy atom. The van der Waals surface area contributed by atoms with Gasteiger partial charge < -0.3 is 10.6 Å². The van der Waals surface area contributed by atoms with Crippen molar-refractivity contribution >= 4 is 23.0 Å². The van der Waals surface area contributed by atoms with Gasteiger partial charge in [0, 0.05) is 18.0 Å². The van der Waals surface area contributed by atoms with Crippen LogP contribution in [0.4, 0.5) is 5.82 Å². The molecule has 0 saturated carbocycles. The predicted octanol–water partition coefficient (Wildman–Crippen LogP) is 2.49. The first-order valence-electron chi connectivity index (χ1n) is 6.58. The largest absolute Gasteiger partial charge is 0.384 e. The number of hydrogen-bond donors (Lipinski definition) is 2. The maximum Gasteiger partial charge on any atom is 0.138 e. The predicted molar refractivity (Wildman–Crippen MR) is 84.6 cm³/mol. The van der Waals surface area contributed by atoms with Crippen LogP contribution in [0.2, 0.25) is 0 Å². The molecule has 20 heavy (non-hydrogen) atoms. The van der Waals surface area contributed by atoms with Crippen LogP contribution in [0.25, 0.3) is 0 Å². The van der Waals surface area contributed by atoms with Gasteiger partial charge in [-0.2, -0.15) is 5.10 Å². The Hall–Kier alpha value is -1.82. The highest BCUT2D eigenvalue weighted by Crippen LogP contribution is 2.27. The molecule has 5 nitrogen and oxygen atoms in total. The molecular formula is C14H21N5S. The Bertz CT molecular complexity index is 597. The third kappa shape index (κ3) is 2.70. The highest BCUT2D eigenvalue weighted by Gasteiger charge is 2.23. The Kier molecular flexibility index (Phi) is 4.13. The van der Waals surface area contributed by atoms with Crippen LogP contribution in [0.3, 0.4) is 0 Å². The lowest BCUT2D eigenvalue weighted by molar-refractivity contribution is 0.637. The number of nitrogens with zero attached hydrogens (tertiary/aromatic N) is 3. The summed E-state index contributed by atoms with van der Waals surface area (Å²) < 4.78 is 1.82. The average molecular weight is 291 g/mol. The van der Waals surface area contributed by atoms with Crippen LogP contribution in [0, 0.1) is 12.3 Å². The van der Waals surface area contributed by atoms with E-state index in [0.717, 1.165) is 23.6 Å². The lowest BCUT2D eigenvalue weighted by atomic mass is 10.2. The Morgan fingerprint density at radius 3 is 2.75 bits per heavy atom. The fraction of sp³-hybridized carbons (Fsp3) is 0.429. The quantitative estimate of drug-likeness (QED) is 0.657. The lowest BCUT2D eigenvalue weighted by Crippen LogP contribution is -2.33. The van der Waals surface area contributed by atoms with Gasteiger partial charge >= 0.3 is 0 Å². The molecule has 0 saturated heterocycles. The van der Waals surface area contributed by atoms with Crippen LogP contribution in [-0.2, 0) is 13.6 Å². The summed E-state index contributed by atoms with van der Waals surface area (Å²) in [5, 5.41) is 14.3. The van der Waals surface area contributed by atoms with Gasteiger partial charge in [-0.3, -0.25) is 10.1 Å². The molecule has 6 heteroatoms. The molecule has 0 aliphatic rings. The van der Waals surface area contributed by atoms with Crippen LogP contribution in [-0.4, -0.2) is 21.7 Å². The number of hydrogen-bond acceptors (Lipinski definition) is 4. The Labute approximate surface area is 123 Å². The van der Waals surface area contributed by atoms with E-state index in [0.29, 0.717) is 6.04 Å². The number of nitrogen functional groups attached to an aromatic ring is 1. The molecule has 0 aromatic carbocycles. The molecule has 0 spiro atoms. The normalized spacial score (nSPS) is 11.1. The van der Waals surface area contributed by atoms with E-state index in [1.54, 1.807) is 11.3 Å². The zero-order chi connectivity index (χ0) is 14.9. The topological polar surface area (TPSA) is 70.9 Å². The second kappa shape index (κ2) is 5.66. The van der Waals surface area contributed by atoms with Crippen molar-refractivity contribution in [3.05, 3.63) is 33.6 Å². The summed E-state index contributed by atoms with van der Waals surface area (Å²) in [6.45, 7) is 6.97. The van der Waals surface area contributed by atoms with Gasteiger partial charge in [0.1, 0.15) is 11.7 Å². The van der Waals surface area contributed by atoms with Crippen LogP contribution >= 0.6 is 11.3 Å². The fourth-order valence-corrected chi connectivity index (χ4v) is 3.07. The smallest absolute Gasteiger partial charge is 0.138 e. The zero-order valence-corrected chi connectivity index (χ0v) is 13.2. The highest BCUT2D eigenvalue weighted by molar-refractivity contribution is 7.09. The van der Waals surface area contributed by atoms with Crippen LogP contribution in [0.1, 0.15) is 30.0 Å². The summed E-state index contributed by atoms with van der Waals surface area (Å²) in [6.07, 6.45) is 0. The van der Waals surface area contributed by atoms with Gasteiger partial charge in [-0.25, -0.2) is 0 Å². The van der Waals surface area contributed by atoms with E-state index < -0.39 is 0 Å². The molecule has 2 aromatic heterocycles. The van der Waals surface area contributed by atoms with Crippen molar-refractivity contribution in [2.45, 2.75) is 33.4 Å². The monoisotopic (exact) mass is 291 g/mol. The summed E-state index contributed by atoms with van der Waals surface area (Å²) in [6, 6.07) is 4.47. The van der Waals surface area contributed by atoms with E-state index in [1.807, 2.05) is 18.7 Å². The first-order valence-corrected chi connectivity index (χ1v) is 7.46. The van der Waals surface area contributed by atoms with Crippen LogP contribution in [0.15, 0.2) is 17.5 Å². The number of aromatic nitrogens is 2. The molecule has 0 unspecified atom stereocenters. The maximum absolute atomic E-state index is 7.81. The van der Waals surface area contributed by atoms with Crippen molar-refractivity contribution in [1.82, 2.24) is 9.78 Å². The first-order chi connectivity index (χ1) is 9.41. The van der Waals surface area contributed by atoms with Crippen molar-refractivity contribution < 1.29 is 0 Å². The number of nitrogens with two attached hydrogens (primary N) is 1. The van der Waals surface area contributed by atoms with Crippen LogP contribution in [0.5, 0.6) is 0 Å². The molecule has 3 N–H and O–H groups in total. The average Bonchev–Trinajstić information content (AvgIpc) is 2.93. The minimum Gasteiger partial charge on any atom is -0.384 e. The van der Waals surface area contributed by atoms with Crippen molar-refractivity contribution in [2.75, 3.05) is 4.90 Å². The minimum absolute atomic E-state index is 0.0717. The molecule has 0 atom stereocenters. The van der Waals surface area contributed by atoms with Crippen molar-refractivity contribution in [3.8, 4) is 0 Å². The highest BCUT2D eigenvalue weighted by atomic mass is 32.1. The summed E-state index contributed by atoms with van der Waals surface area (Å²) in [5.41, 5.74) is 7.28. The number of aryl methyl sites for hydroxylation is 2. The van der Waals surface area contributed by atoms with E-state index in [-0.39, 0.29) is 5.84 Å². The zero-order valence-electron chi connectivity index (χ0n) is 12.3. The third-order valence-electron chi connectivity index (χ3n) is 3.26. The van der Waals surface area contributed by atoms with Gasteiger partial charge in [0.25, 0.3) is 0 Å². The lowest BCUT2D eigenvalue weighted by Gasteiger charge is -2.29. The van der Waals surface area contributed by atoms with Gasteiger partial charge in [-0.15, -0.1) is 11.3 Å². The molecule has 0 radical (unpaired) electrons. The molecule has 0 aliphatic heterocycles. The summed E-state index contributed by atoms with van der Waals surface area (Å²) in [7, 11) is 1.90. The van der Waals surface area contributed by atoms with Gasteiger partial charge in [0.05, 0.1) is 17.8 Å².